The number of fused-ring (bicyclic) bond motifs is 2. The average molecular weight is 388 g/mol. The number of aromatic nitrogens is 3. The molecule has 0 N–H and O–H groups in total. The van der Waals surface area contributed by atoms with Gasteiger partial charge >= 0.3 is 0 Å². The summed E-state index contributed by atoms with van der Waals surface area (Å²) in [6.07, 6.45) is 5.49. The molecule has 3 heterocycles. The molecule has 6 heteroatoms. The van der Waals surface area contributed by atoms with Gasteiger partial charge in [0.1, 0.15) is 12.1 Å². The van der Waals surface area contributed by atoms with E-state index in [0.29, 0.717) is 11.1 Å². The largest absolute Gasteiger partial charge is 0.326 e. The number of anilines is 2. The van der Waals surface area contributed by atoms with Gasteiger partial charge in [-0.25, -0.2) is 23.7 Å². The van der Waals surface area contributed by atoms with Crippen molar-refractivity contribution in [2.75, 3.05) is 11.4 Å². The summed E-state index contributed by atoms with van der Waals surface area (Å²) < 4.78 is 28.0. The number of alkyl halides is 2. The van der Waals surface area contributed by atoms with Crippen LogP contribution in [0.4, 0.5) is 20.3 Å². The summed E-state index contributed by atoms with van der Waals surface area (Å²) in [5.74, 6) is 0.806. The zero-order chi connectivity index (χ0) is 19.8. The predicted molar refractivity (Wildman–Crippen MR) is 109 cm³/mol. The van der Waals surface area contributed by atoms with Gasteiger partial charge in [0.15, 0.2) is 0 Å². The molecule has 1 aliphatic heterocycles. The minimum atomic E-state index is -2.60. The van der Waals surface area contributed by atoms with E-state index in [1.54, 1.807) is 24.7 Å². The van der Waals surface area contributed by atoms with Gasteiger partial charge in [-0.1, -0.05) is 24.3 Å². The van der Waals surface area contributed by atoms with Crippen LogP contribution in [0.3, 0.4) is 0 Å². The van der Waals surface area contributed by atoms with E-state index in [2.05, 4.69) is 19.9 Å². The van der Waals surface area contributed by atoms with Crippen LogP contribution >= 0.6 is 0 Å². The molecular formula is C23H18F2N4. The highest BCUT2D eigenvalue weighted by atomic mass is 19.3. The fraction of sp³-hybridized carbons (Fsp3) is 0.174. The van der Waals surface area contributed by atoms with E-state index in [0.717, 1.165) is 47.2 Å². The number of nitrogens with zero attached hydrogens (tertiary/aromatic N) is 4. The van der Waals surface area contributed by atoms with E-state index in [1.165, 1.54) is 6.33 Å². The summed E-state index contributed by atoms with van der Waals surface area (Å²) in [5, 5.41) is 2.10. The van der Waals surface area contributed by atoms with Crippen LogP contribution in [0.25, 0.3) is 21.9 Å². The van der Waals surface area contributed by atoms with Crippen LogP contribution in [0.15, 0.2) is 67.4 Å². The molecule has 4 aromatic rings. The van der Waals surface area contributed by atoms with Gasteiger partial charge < -0.3 is 4.90 Å². The molecule has 144 valence electrons. The quantitative estimate of drug-likeness (QED) is 0.451. The van der Waals surface area contributed by atoms with Crippen molar-refractivity contribution in [1.82, 2.24) is 15.0 Å². The van der Waals surface area contributed by atoms with Crippen molar-refractivity contribution in [3.05, 3.63) is 78.5 Å². The van der Waals surface area contributed by atoms with Gasteiger partial charge in [-0.05, 0) is 47.6 Å². The summed E-state index contributed by atoms with van der Waals surface area (Å²) in [6, 6.07) is 13.5. The molecule has 2 aromatic carbocycles. The molecule has 29 heavy (non-hydrogen) atoms. The molecule has 5 rings (SSSR count). The highest BCUT2D eigenvalue weighted by molar-refractivity contribution is 5.94. The van der Waals surface area contributed by atoms with Gasteiger partial charge in [-0.3, -0.25) is 0 Å². The van der Waals surface area contributed by atoms with E-state index in [-0.39, 0.29) is 5.56 Å². The SMILES string of the molecule is FC(F)c1cc2c(cc1-c1cncnc1)CCCN2c1nccc2ccccc12. The minimum absolute atomic E-state index is 0.00862. The van der Waals surface area contributed by atoms with Gasteiger partial charge in [0.05, 0.1) is 0 Å². The molecule has 0 fully saturated rings. The molecule has 0 bridgehead atoms. The van der Waals surface area contributed by atoms with Crippen LogP contribution in [0.1, 0.15) is 24.0 Å². The van der Waals surface area contributed by atoms with Crippen molar-refractivity contribution in [2.24, 2.45) is 0 Å². The number of rotatable bonds is 3. The molecule has 0 radical (unpaired) electrons. The normalized spacial score (nSPS) is 13.7. The van der Waals surface area contributed by atoms with E-state index in [4.69, 9.17) is 0 Å². The summed E-state index contributed by atoms with van der Waals surface area (Å²) in [7, 11) is 0. The Morgan fingerprint density at radius 2 is 1.83 bits per heavy atom. The van der Waals surface area contributed by atoms with Crippen LogP contribution < -0.4 is 4.90 Å². The Morgan fingerprint density at radius 3 is 2.66 bits per heavy atom. The summed E-state index contributed by atoms with van der Waals surface area (Å²) in [5.41, 5.74) is 2.93. The van der Waals surface area contributed by atoms with E-state index in [9.17, 15) is 8.78 Å². The van der Waals surface area contributed by atoms with Gasteiger partial charge in [0.25, 0.3) is 6.43 Å². The van der Waals surface area contributed by atoms with Crippen molar-refractivity contribution in [1.29, 1.82) is 0 Å². The molecule has 2 aromatic heterocycles. The van der Waals surface area contributed by atoms with Crippen molar-refractivity contribution in [3.63, 3.8) is 0 Å². The number of hydrogen-bond acceptors (Lipinski definition) is 4. The Balaban J connectivity index is 1.70. The van der Waals surface area contributed by atoms with Crippen LogP contribution in [0, 0.1) is 0 Å². The zero-order valence-corrected chi connectivity index (χ0v) is 15.6. The number of pyridine rings is 1. The third-order valence-electron chi connectivity index (χ3n) is 5.38. The molecule has 0 saturated carbocycles. The second kappa shape index (κ2) is 7.20. The van der Waals surface area contributed by atoms with Crippen molar-refractivity contribution in [2.45, 2.75) is 19.3 Å². The average Bonchev–Trinajstić information content (AvgIpc) is 2.78. The molecule has 0 aliphatic carbocycles. The van der Waals surface area contributed by atoms with Gasteiger partial charge in [0.2, 0.25) is 0 Å². The highest BCUT2D eigenvalue weighted by Crippen LogP contribution is 2.41. The lowest BCUT2D eigenvalue weighted by Crippen LogP contribution is -2.26. The Labute approximate surface area is 166 Å². The number of hydrogen-bond donors (Lipinski definition) is 0. The first kappa shape index (κ1) is 17.7. The second-order valence-corrected chi connectivity index (χ2v) is 7.11. The third-order valence-corrected chi connectivity index (χ3v) is 5.38. The topological polar surface area (TPSA) is 41.9 Å². The second-order valence-electron chi connectivity index (χ2n) is 7.11. The van der Waals surface area contributed by atoms with E-state index in [1.807, 2.05) is 36.4 Å². The van der Waals surface area contributed by atoms with Crippen molar-refractivity contribution < 1.29 is 8.78 Å². The maximum absolute atomic E-state index is 14.0. The molecule has 0 unspecified atom stereocenters. The Morgan fingerprint density at radius 1 is 1.00 bits per heavy atom. The van der Waals surface area contributed by atoms with Crippen LogP contribution in [-0.2, 0) is 6.42 Å². The zero-order valence-electron chi connectivity index (χ0n) is 15.6. The van der Waals surface area contributed by atoms with Crippen LogP contribution in [0.5, 0.6) is 0 Å². The maximum Gasteiger partial charge on any atom is 0.264 e. The molecular weight excluding hydrogens is 370 g/mol. The fourth-order valence-electron chi connectivity index (χ4n) is 4.06. The molecule has 1 aliphatic rings. The van der Waals surface area contributed by atoms with Crippen molar-refractivity contribution >= 4 is 22.3 Å². The smallest absolute Gasteiger partial charge is 0.264 e. The summed E-state index contributed by atoms with van der Waals surface area (Å²) >= 11 is 0. The fourth-order valence-corrected chi connectivity index (χ4v) is 4.06. The number of aryl methyl sites for hydroxylation is 1. The lowest BCUT2D eigenvalue weighted by Gasteiger charge is -2.32. The van der Waals surface area contributed by atoms with Gasteiger partial charge in [-0.2, -0.15) is 0 Å². The Kier molecular flexibility index (Phi) is 4.39. The molecule has 0 saturated heterocycles. The first-order valence-corrected chi connectivity index (χ1v) is 9.54. The third kappa shape index (κ3) is 3.10. The summed E-state index contributed by atoms with van der Waals surface area (Å²) in [6.45, 7) is 0.741. The standard InChI is InChI=1S/C23H18F2N4/c24-22(25)20-11-21-16(10-19(20)17-12-26-14-27-13-17)5-3-9-29(21)23-18-6-2-1-4-15(18)7-8-28-23/h1-2,4,6-8,10-14,22H,3,5,9H2. The first-order chi connectivity index (χ1) is 14.2. The van der Waals surface area contributed by atoms with Crippen LogP contribution in [-0.4, -0.2) is 21.5 Å². The van der Waals surface area contributed by atoms with Crippen molar-refractivity contribution in [3.8, 4) is 11.1 Å². The van der Waals surface area contributed by atoms with Gasteiger partial charge in [0, 0.05) is 47.3 Å². The molecule has 0 atom stereocenters. The van der Waals surface area contributed by atoms with Crippen LogP contribution in [0.2, 0.25) is 0 Å². The highest BCUT2D eigenvalue weighted by Gasteiger charge is 2.25. The van der Waals surface area contributed by atoms with Gasteiger partial charge in [-0.15, -0.1) is 0 Å². The first-order valence-electron chi connectivity index (χ1n) is 9.54. The summed E-state index contributed by atoms with van der Waals surface area (Å²) in [4.78, 5) is 14.7. The maximum atomic E-state index is 14.0. The Hall–Kier alpha value is -3.41. The molecule has 0 amide bonds. The lowest BCUT2D eigenvalue weighted by molar-refractivity contribution is 0.152. The number of benzene rings is 2. The minimum Gasteiger partial charge on any atom is -0.326 e. The van der Waals surface area contributed by atoms with E-state index < -0.39 is 6.43 Å². The predicted octanol–water partition coefficient (Wildman–Crippen LogP) is 5.71. The molecule has 0 spiro atoms. The monoisotopic (exact) mass is 388 g/mol. The Bertz CT molecular complexity index is 1170. The molecule has 4 nitrogen and oxygen atoms in total. The van der Waals surface area contributed by atoms with E-state index >= 15 is 0 Å². The lowest BCUT2D eigenvalue weighted by atomic mass is 9.92. The number of halogens is 2.